The molecule has 13 nitrogen and oxygen atoms in total. The van der Waals surface area contributed by atoms with E-state index in [0.29, 0.717) is 0 Å². The Bertz CT molecular complexity index is 1150. The molecule has 1 aromatic heterocycles. The van der Waals surface area contributed by atoms with Crippen LogP contribution in [-0.4, -0.2) is 70.6 Å². The van der Waals surface area contributed by atoms with E-state index in [2.05, 4.69) is 4.98 Å². The third-order valence-electron chi connectivity index (χ3n) is 5.62. The number of rotatable bonds is 11. The Balaban J connectivity index is 1.69. The molecule has 0 radical (unpaired) electrons. The van der Waals surface area contributed by atoms with Gasteiger partial charge in [-0.15, -0.1) is 0 Å². The van der Waals surface area contributed by atoms with Gasteiger partial charge >= 0.3 is 13.5 Å². The number of ketones is 1. The van der Waals surface area contributed by atoms with E-state index in [9.17, 15) is 23.7 Å². The zero-order valence-corrected chi connectivity index (χ0v) is 22.6. The van der Waals surface area contributed by atoms with E-state index >= 15 is 0 Å². The number of ether oxygens (including phenoxy) is 3. The van der Waals surface area contributed by atoms with Crippen LogP contribution in [0.15, 0.2) is 21.9 Å². The Morgan fingerprint density at radius 1 is 1.22 bits per heavy atom. The van der Waals surface area contributed by atoms with E-state index in [1.165, 1.54) is 23.8 Å². The Morgan fingerprint density at radius 3 is 2.50 bits per heavy atom. The monoisotopic (exact) mass is 550 g/mol. The zero-order chi connectivity index (χ0) is 26.9. The number of phosphoric acid groups is 1. The van der Waals surface area contributed by atoms with Gasteiger partial charge in [-0.1, -0.05) is 25.6 Å². The predicted molar refractivity (Wildman–Crippen MR) is 128 cm³/mol. The Kier molecular flexibility index (Phi) is 8.84. The van der Waals surface area contributed by atoms with Crippen LogP contribution in [0.2, 0.25) is 0 Å². The number of carbonyl (C=O) groups excluding carboxylic acids is 2. The van der Waals surface area contributed by atoms with E-state index < -0.39 is 54.8 Å². The summed E-state index contributed by atoms with van der Waals surface area (Å²) in [4.78, 5) is 49.5. The van der Waals surface area contributed by atoms with Gasteiger partial charge in [0, 0.05) is 31.7 Å². The minimum atomic E-state index is -4.12. The molecule has 36 heavy (non-hydrogen) atoms. The highest BCUT2D eigenvalue weighted by Gasteiger charge is 2.56. The van der Waals surface area contributed by atoms with Crippen molar-refractivity contribution < 1.29 is 41.9 Å². The van der Waals surface area contributed by atoms with Crippen LogP contribution in [0.3, 0.4) is 0 Å². The largest absolute Gasteiger partial charge is 0.474 e. The first kappa shape index (κ1) is 28.9. The third-order valence-corrected chi connectivity index (χ3v) is 7.79. The van der Waals surface area contributed by atoms with Crippen molar-refractivity contribution in [2.45, 2.75) is 64.9 Å². The van der Waals surface area contributed by atoms with E-state index in [0.717, 1.165) is 18.9 Å². The average molecular weight is 551 g/mol. The fourth-order valence-corrected chi connectivity index (χ4v) is 5.46. The summed E-state index contributed by atoms with van der Waals surface area (Å²) in [6, 6.07) is 1.18. The van der Waals surface area contributed by atoms with Crippen molar-refractivity contribution in [3.05, 3.63) is 33.1 Å². The van der Waals surface area contributed by atoms with Crippen LogP contribution in [0.1, 0.15) is 40.8 Å². The second kappa shape index (κ2) is 11.0. The van der Waals surface area contributed by atoms with Crippen molar-refractivity contribution in [1.82, 2.24) is 9.55 Å². The molecule has 202 valence electrons. The van der Waals surface area contributed by atoms with Gasteiger partial charge in [0.05, 0.1) is 19.0 Å². The number of thioether (sulfide) groups is 1. The lowest BCUT2D eigenvalue weighted by atomic mass is 9.90. The number of aromatic nitrogens is 2. The van der Waals surface area contributed by atoms with E-state index in [-0.39, 0.29) is 29.9 Å². The van der Waals surface area contributed by atoms with E-state index in [4.69, 9.17) is 27.8 Å². The summed E-state index contributed by atoms with van der Waals surface area (Å²) in [6.07, 6.45) is -1.93. The predicted octanol–water partition coefficient (Wildman–Crippen LogP) is 1.62. The zero-order valence-electron chi connectivity index (χ0n) is 20.9. The maximum atomic E-state index is 13.1. The first-order valence-electron chi connectivity index (χ1n) is 11.1. The van der Waals surface area contributed by atoms with Gasteiger partial charge in [0.1, 0.15) is 18.3 Å². The number of hydrogen-bond donors (Lipinski definition) is 1. The normalized spacial score (nSPS) is 26.9. The summed E-state index contributed by atoms with van der Waals surface area (Å²) in [7, 11) is -2.98. The van der Waals surface area contributed by atoms with Crippen LogP contribution in [0.4, 0.5) is 0 Å². The molecule has 5 atom stereocenters. The van der Waals surface area contributed by atoms with Crippen LogP contribution in [0.25, 0.3) is 0 Å². The van der Waals surface area contributed by atoms with Crippen molar-refractivity contribution in [1.29, 1.82) is 0 Å². The second-order valence-corrected chi connectivity index (χ2v) is 12.4. The molecule has 1 aromatic rings. The van der Waals surface area contributed by atoms with Gasteiger partial charge in [0.25, 0.3) is 5.56 Å². The third kappa shape index (κ3) is 6.81. The summed E-state index contributed by atoms with van der Waals surface area (Å²) in [5, 5.41) is -0.190. The van der Waals surface area contributed by atoms with Crippen molar-refractivity contribution in [3.63, 3.8) is 0 Å². The minimum Gasteiger partial charge on any atom is -0.346 e. The Labute approximate surface area is 211 Å². The fraction of sp³-hybridized carbons (Fsp3) is 0.714. The lowest BCUT2D eigenvalue weighted by molar-refractivity contribution is -0.200. The Morgan fingerprint density at radius 2 is 1.89 bits per heavy atom. The lowest BCUT2D eigenvalue weighted by Crippen LogP contribution is -2.37. The van der Waals surface area contributed by atoms with E-state index in [1.54, 1.807) is 27.7 Å². The molecule has 3 heterocycles. The van der Waals surface area contributed by atoms with Crippen LogP contribution < -0.4 is 11.2 Å². The van der Waals surface area contributed by atoms with Crippen molar-refractivity contribution in [3.8, 4) is 0 Å². The van der Waals surface area contributed by atoms with Crippen molar-refractivity contribution >= 4 is 30.5 Å². The van der Waals surface area contributed by atoms with E-state index in [1.807, 2.05) is 0 Å². The number of carbonyl (C=O) groups is 2. The quantitative estimate of drug-likeness (QED) is 0.397. The molecule has 0 amide bonds. The maximum Gasteiger partial charge on any atom is 0.474 e. The van der Waals surface area contributed by atoms with Gasteiger partial charge in [-0.3, -0.25) is 37.5 Å². The Hall–Kier alpha value is -1.64. The molecule has 2 saturated heterocycles. The first-order valence-corrected chi connectivity index (χ1v) is 13.5. The van der Waals surface area contributed by atoms with Crippen LogP contribution in [0.5, 0.6) is 0 Å². The molecule has 0 spiro atoms. The number of H-pyrrole nitrogens is 1. The molecule has 2 aliphatic rings. The highest BCUT2D eigenvalue weighted by molar-refractivity contribution is 8.14. The second-order valence-electron chi connectivity index (χ2n) is 9.43. The molecule has 0 bridgehead atoms. The number of aromatic amines is 1. The molecule has 0 aliphatic carbocycles. The minimum absolute atomic E-state index is 0.0402. The lowest BCUT2D eigenvalue weighted by Gasteiger charge is -2.27. The maximum absolute atomic E-state index is 13.1. The number of Topliss-reactive ketones (excluding diaryl/α,β-unsaturated/α-hetero) is 1. The van der Waals surface area contributed by atoms with Crippen molar-refractivity contribution in [2.24, 2.45) is 5.41 Å². The standard InChI is InChI=1S/C21H31N2O11PS/c1-12(24)36-10-14(25)20(2,3)11-31-35(28,29-6)30-9-13-16-17(34-21(4,5)33-16)18(32-13)23-8-7-15(26)22-19(23)27/h7-8,13,16-18H,9-11H2,1-6H3,(H,22,26,27)/t13-,16-,17-,18-,35?/m1/s1. The molecule has 2 aliphatic heterocycles. The fourth-order valence-electron chi connectivity index (χ4n) is 3.64. The number of fused-ring (bicyclic) bond motifs is 1. The highest BCUT2D eigenvalue weighted by Crippen LogP contribution is 2.51. The molecular formula is C21H31N2O11PS. The van der Waals surface area contributed by atoms with Crippen molar-refractivity contribution in [2.75, 3.05) is 26.1 Å². The van der Waals surface area contributed by atoms with Gasteiger partial charge in [-0.25, -0.2) is 9.36 Å². The summed E-state index contributed by atoms with van der Waals surface area (Å²) >= 11 is 0.879. The van der Waals surface area contributed by atoms with Gasteiger partial charge in [-0.2, -0.15) is 0 Å². The molecule has 2 fully saturated rings. The SMILES string of the molecule is COP(=O)(OC[C@H]1O[C@@H](n2ccc(=O)[nH]c2=O)[C@@H]2OC(C)(C)O[C@@H]21)OCC(C)(C)C(=O)CSC(C)=O. The van der Waals surface area contributed by atoms with Gasteiger partial charge in [0.15, 0.2) is 22.9 Å². The van der Waals surface area contributed by atoms with Gasteiger partial charge in [0.2, 0.25) is 0 Å². The molecule has 3 rings (SSSR count). The molecule has 0 aromatic carbocycles. The molecule has 15 heteroatoms. The van der Waals surface area contributed by atoms with Gasteiger partial charge < -0.3 is 14.2 Å². The topological polar surface area (TPSA) is 161 Å². The average Bonchev–Trinajstić information content (AvgIpc) is 3.27. The summed E-state index contributed by atoms with van der Waals surface area (Å²) in [6.45, 7) is 7.36. The number of phosphoric ester groups is 1. The van der Waals surface area contributed by atoms with Crippen LogP contribution in [0, 0.1) is 5.41 Å². The summed E-state index contributed by atoms with van der Waals surface area (Å²) in [5.41, 5.74) is -2.31. The molecular weight excluding hydrogens is 519 g/mol. The first-order chi connectivity index (χ1) is 16.7. The molecule has 0 saturated carbocycles. The number of nitrogens with zero attached hydrogens (tertiary/aromatic N) is 1. The van der Waals surface area contributed by atoms with Crippen LogP contribution in [-0.2, 0) is 41.9 Å². The summed E-state index contributed by atoms with van der Waals surface area (Å²) < 4.78 is 47.9. The highest BCUT2D eigenvalue weighted by atomic mass is 32.2. The summed E-state index contributed by atoms with van der Waals surface area (Å²) in [5.74, 6) is -1.30. The smallest absolute Gasteiger partial charge is 0.346 e. The number of nitrogens with one attached hydrogen (secondary N) is 1. The van der Waals surface area contributed by atoms with Crippen LogP contribution >= 0.6 is 19.6 Å². The number of hydrogen-bond acceptors (Lipinski definition) is 12. The molecule has 1 N–H and O–H groups in total. The molecule has 1 unspecified atom stereocenters. The van der Waals surface area contributed by atoms with Gasteiger partial charge in [-0.05, 0) is 13.8 Å².